The van der Waals surface area contributed by atoms with Gasteiger partial charge in [0.15, 0.2) is 0 Å². The van der Waals surface area contributed by atoms with Crippen LogP contribution in [0.2, 0.25) is 0 Å². The smallest absolute Gasteiger partial charge is 0.305 e. The third-order valence-electron chi connectivity index (χ3n) is 2.90. The quantitative estimate of drug-likeness (QED) is 0.383. The minimum Gasteiger partial charge on any atom is -0.466 e. The molecule has 0 atom stereocenters. The summed E-state index contributed by atoms with van der Waals surface area (Å²) < 4.78 is 10.0. The van der Waals surface area contributed by atoms with E-state index in [1.54, 1.807) is 0 Å². The van der Waals surface area contributed by atoms with Crippen molar-refractivity contribution in [2.24, 2.45) is 0 Å². The second-order valence-electron chi connectivity index (χ2n) is 4.88. The van der Waals surface area contributed by atoms with Gasteiger partial charge in [-0.1, -0.05) is 0 Å². The molecule has 0 saturated heterocycles. The Balaban J connectivity index is 3.36. The highest BCUT2D eigenvalue weighted by Crippen LogP contribution is 2.04. The number of ether oxygens (including phenoxy) is 2. The number of nitriles is 2. The van der Waals surface area contributed by atoms with E-state index in [4.69, 9.17) is 20.0 Å². The maximum atomic E-state index is 11.4. The van der Waals surface area contributed by atoms with Crippen LogP contribution >= 0.6 is 0 Å². The second-order valence-corrected chi connectivity index (χ2v) is 4.88. The van der Waals surface area contributed by atoms with Gasteiger partial charge < -0.3 is 9.47 Å². The van der Waals surface area contributed by atoms with Crippen LogP contribution in [0.1, 0.15) is 64.2 Å². The van der Waals surface area contributed by atoms with Gasteiger partial charge in [0, 0.05) is 25.7 Å². The molecule has 0 aromatic carbocycles. The van der Waals surface area contributed by atoms with Crippen LogP contribution in [-0.2, 0) is 19.1 Å². The lowest BCUT2D eigenvalue weighted by Crippen LogP contribution is -2.08. The first-order chi connectivity index (χ1) is 10.7. The standard InChI is InChI=1S/C16H24N2O4/c17-11-5-1-7-13-21-15(19)9-3-4-10-16(20)22-14-8-2-6-12-18/h1-10,13-14H2. The van der Waals surface area contributed by atoms with Crippen LogP contribution in [-0.4, -0.2) is 25.2 Å². The summed E-state index contributed by atoms with van der Waals surface area (Å²) in [6, 6.07) is 4.07. The van der Waals surface area contributed by atoms with Gasteiger partial charge in [0.05, 0.1) is 25.4 Å². The molecule has 22 heavy (non-hydrogen) atoms. The van der Waals surface area contributed by atoms with E-state index in [-0.39, 0.29) is 11.9 Å². The number of nitrogens with zero attached hydrogens (tertiary/aromatic N) is 2. The fraction of sp³-hybridized carbons (Fsp3) is 0.750. The highest BCUT2D eigenvalue weighted by Gasteiger charge is 2.06. The molecule has 0 aliphatic carbocycles. The molecule has 6 heteroatoms. The van der Waals surface area contributed by atoms with Gasteiger partial charge in [-0.15, -0.1) is 0 Å². The molecule has 0 aromatic rings. The van der Waals surface area contributed by atoms with Crippen LogP contribution in [0.25, 0.3) is 0 Å². The maximum Gasteiger partial charge on any atom is 0.305 e. The number of unbranched alkanes of at least 4 members (excludes halogenated alkanes) is 5. The lowest BCUT2D eigenvalue weighted by atomic mass is 10.2. The molecular formula is C16H24N2O4. The van der Waals surface area contributed by atoms with E-state index >= 15 is 0 Å². The van der Waals surface area contributed by atoms with Gasteiger partial charge in [0.2, 0.25) is 0 Å². The van der Waals surface area contributed by atoms with Crippen LogP contribution in [0, 0.1) is 22.7 Å². The lowest BCUT2D eigenvalue weighted by molar-refractivity contribution is -0.146. The summed E-state index contributed by atoms with van der Waals surface area (Å²) >= 11 is 0. The molecule has 0 saturated carbocycles. The van der Waals surface area contributed by atoms with Crippen LogP contribution in [0.3, 0.4) is 0 Å². The third kappa shape index (κ3) is 14.3. The van der Waals surface area contributed by atoms with E-state index in [1.807, 2.05) is 12.1 Å². The molecule has 0 aliphatic rings. The minimum atomic E-state index is -0.262. The van der Waals surface area contributed by atoms with Crippen molar-refractivity contribution in [3.8, 4) is 12.1 Å². The average molecular weight is 308 g/mol. The van der Waals surface area contributed by atoms with Crippen LogP contribution < -0.4 is 0 Å². The van der Waals surface area contributed by atoms with E-state index in [1.165, 1.54) is 0 Å². The summed E-state index contributed by atoms with van der Waals surface area (Å²) in [5, 5.41) is 16.7. The number of carbonyl (C=O) groups excluding carboxylic acids is 2. The molecule has 0 amide bonds. The van der Waals surface area contributed by atoms with Crippen molar-refractivity contribution in [2.75, 3.05) is 13.2 Å². The summed E-state index contributed by atoms with van der Waals surface area (Å²) in [4.78, 5) is 22.7. The first-order valence-corrected chi connectivity index (χ1v) is 7.76. The van der Waals surface area contributed by atoms with E-state index in [0.29, 0.717) is 64.6 Å². The van der Waals surface area contributed by atoms with Gasteiger partial charge >= 0.3 is 11.9 Å². The highest BCUT2D eigenvalue weighted by molar-refractivity contribution is 5.70. The number of rotatable bonds is 13. The Morgan fingerprint density at radius 3 is 1.45 bits per heavy atom. The Morgan fingerprint density at radius 2 is 1.09 bits per heavy atom. The SMILES string of the molecule is N#CCCCCOC(=O)CCCCC(=O)OCCCCC#N. The van der Waals surface area contributed by atoms with Gasteiger partial charge in [-0.25, -0.2) is 0 Å². The first kappa shape index (κ1) is 19.9. The van der Waals surface area contributed by atoms with Crippen molar-refractivity contribution in [1.29, 1.82) is 10.5 Å². The molecule has 0 bridgehead atoms. The van der Waals surface area contributed by atoms with E-state index < -0.39 is 0 Å². The predicted octanol–water partition coefficient (Wildman–Crippen LogP) is 3.02. The van der Waals surface area contributed by atoms with E-state index in [9.17, 15) is 9.59 Å². The minimum absolute atomic E-state index is 0.262. The Labute approximate surface area is 132 Å². The zero-order chi connectivity index (χ0) is 16.5. The summed E-state index contributed by atoms with van der Waals surface area (Å²) in [5.41, 5.74) is 0. The van der Waals surface area contributed by atoms with Gasteiger partial charge in [0.1, 0.15) is 0 Å². The molecule has 0 N–H and O–H groups in total. The average Bonchev–Trinajstić information content (AvgIpc) is 2.51. The zero-order valence-electron chi connectivity index (χ0n) is 13.0. The lowest BCUT2D eigenvalue weighted by Gasteiger charge is -2.05. The largest absolute Gasteiger partial charge is 0.466 e. The van der Waals surface area contributed by atoms with Crippen molar-refractivity contribution in [3.63, 3.8) is 0 Å². The number of hydrogen-bond acceptors (Lipinski definition) is 6. The monoisotopic (exact) mass is 308 g/mol. The Kier molecular flexibility index (Phi) is 13.9. The number of esters is 2. The second kappa shape index (κ2) is 15.3. The van der Waals surface area contributed by atoms with E-state index in [0.717, 1.165) is 12.8 Å². The molecule has 0 fully saturated rings. The van der Waals surface area contributed by atoms with Gasteiger partial charge in [-0.2, -0.15) is 10.5 Å². The topological polar surface area (TPSA) is 100 Å². The fourth-order valence-electron chi connectivity index (χ4n) is 1.67. The third-order valence-corrected chi connectivity index (χ3v) is 2.90. The molecule has 0 heterocycles. The molecule has 122 valence electrons. The normalized spacial score (nSPS) is 9.55. The first-order valence-electron chi connectivity index (χ1n) is 7.76. The Hall–Kier alpha value is -2.08. The molecule has 0 spiro atoms. The van der Waals surface area contributed by atoms with Crippen molar-refractivity contribution in [3.05, 3.63) is 0 Å². The number of hydrogen-bond donors (Lipinski definition) is 0. The maximum absolute atomic E-state index is 11.4. The molecule has 0 aromatic heterocycles. The summed E-state index contributed by atoms with van der Waals surface area (Å²) in [7, 11) is 0. The van der Waals surface area contributed by atoms with Crippen LogP contribution in [0.5, 0.6) is 0 Å². The number of carbonyl (C=O) groups is 2. The molecule has 0 unspecified atom stereocenters. The Bertz CT molecular complexity index is 358. The van der Waals surface area contributed by atoms with E-state index in [2.05, 4.69) is 0 Å². The van der Waals surface area contributed by atoms with Gasteiger partial charge in [-0.3, -0.25) is 9.59 Å². The van der Waals surface area contributed by atoms with Gasteiger partial charge in [-0.05, 0) is 38.5 Å². The molecule has 0 rings (SSSR count). The van der Waals surface area contributed by atoms with Gasteiger partial charge in [0.25, 0.3) is 0 Å². The molecule has 6 nitrogen and oxygen atoms in total. The van der Waals surface area contributed by atoms with Crippen LogP contribution in [0.4, 0.5) is 0 Å². The molecule has 0 radical (unpaired) electrons. The van der Waals surface area contributed by atoms with Crippen LogP contribution in [0.15, 0.2) is 0 Å². The summed E-state index contributed by atoms with van der Waals surface area (Å²) in [6.07, 6.45) is 5.65. The summed E-state index contributed by atoms with van der Waals surface area (Å²) in [5.74, 6) is -0.524. The van der Waals surface area contributed by atoms with Crippen molar-refractivity contribution in [2.45, 2.75) is 64.2 Å². The van der Waals surface area contributed by atoms with Crippen molar-refractivity contribution >= 4 is 11.9 Å². The zero-order valence-corrected chi connectivity index (χ0v) is 13.0. The highest BCUT2D eigenvalue weighted by atomic mass is 16.5. The Morgan fingerprint density at radius 1 is 0.682 bits per heavy atom. The summed E-state index contributed by atoms with van der Waals surface area (Å²) in [6.45, 7) is 0.705. The van der Waals surface area contributed by atoms with Crippen molar-refractivity contribution in [1.82, 2.24) is 0 Å². The fourth-order valence-corrected chi connectivity index (χ4v) is 1.67. The molecular weight excluding hydrogens is 284 g/mol. The molecule has 0 aliphatic heterocycles. The predicted molar refractivity (Wildman–Crippen MR) is 79.3 cm³/mol. The van der Waals surface area contributed by atoms with Crippen molar-refractivity contribution < 1.29 is 19.1 Å².